The third-order valence-electron chi connectivity index (χ3n) is 7.72. The normalized spacial score (nSPS) is 15.1. The lowest BCUT2D eigenvalue weighted by Gasteiger charge is -2.25. The van der Waals surface area contributed by atoms with Gasteiger partial charge in [-0.3, -0.25) is 9.36 Å². The van der Waals surface area contributed by atoms with E-state index in [1.165, 1.54) is 11.3 Å². The van der Waals surface area contributed by atoms with Crippen LogP contribution in [0.3, 0.4) is 0 Å². The predicted octanol–water partition coefficient (Wildman–Crippen LogP) is 6.35. The van der Waals surface area contributed by atoms with Gasteiger partial charge in [0.15, 0.2) is 4.80 Å². The average molecular weight is 606 g/mol. The van der Waals surface area contributed by atoms with Gasteiger partial charge in [-0.15, -0.1) is 0 Å². The minimum Gasteiger partial charge on any atom is -0.494 e. The first-order valence-corrected chi connectivity index (χ1v) is 15.6. The van der Waals surface area contributed by atoms with Crippen molar-refractivity contribution >= 4 is 34.3 Å². The second-order valence-electron chi connectivity index (χ2n) is 11.3. The van der Waals surface area contributed by atoms with Gasteiger partial charge in [-0.25, -0.2) is 9.79 Å². The second kappa shape index (κ2) is 11.8. The summed E-state index contributed by atoms with van der Waals surface area (Å²) in [6.45, 7) is 12.1. The van der Waals surface area contributed by atoms with Gasteiger partial charge in [-0.05, 0) is 82.5 Å². The molecule has 0 bridgehead atoms. The van der Waals surface area contributed by atoms with Crippen LogP contribution in [0.1, 0.15) is 56.0 Å². The Hall–Kier alpha value is -4.69. The zero-order chi connectivity index (χ0) is 31.1. The summed E-state index contributed by atoms with van der Waals surface area (Å²) in [5, 5.41) is 1.05. The summed E-state index contributed by atoms with van der Waals surface area (Å²) in [6, 6.07) is 21.3. The molecule has 1 atom stereocenters. The van der Waals surface area contributed by atoms with Gasteiger partial charge in [0.2, 0.25) is 0 Å². The second-order valence-corrected chi connectivity index (χ2v) is 12.3. The zero-order valence-corrected chi connectivity index (χ0v) is 26.5. The van der Waals surface area contributed by atoms with E-state index in [0.717, 1.165) is 44.4 Å². The third kappa shape index (κ3) is 5.30. The molecule has 0 unspecified atom stereocenters. The Kier molecular flexibility index (Phi) is 7.86. The molecule has 0 amide bonds. The summed E-state index contributed by atoms with van der Waals surface area (Å²) in [7, 11) is 0. The van der Waals surface area contributed by atoms with Crippen molar-refractivity contribution in [2.75, 3.05) is 6.61 Å². The Balaban J connectivity index is 1.60. The van der Waals surface area contributed by atoms with E-state index in [1.807, 2.05) is 69.3 Å². The highest BCUT2D eigenvalue weighted by Crippen LogP contribution is 2.34. The molecule has 0 radical (unpaired) electrons. The summed E-state index contributed by atoms with van der Waals surface area (Å²) >= 11 is 1.33. The molecule has 224 valence electrons. The van der Waals surface area contributed by atoms with Crippen LogP contribution in [0.5, 0.6) is 5.75 Å². The highest BCUT2D eigenvalue weighted by Gasteiger charge is 2.34. The summed E-state index contributed by atoms with van der Waals surface area (Å²) in [4.78, 5) is 36.8. The number of allylic oxidation sites excluding steroid dienone is 1. The van der Waals surface area contributed by atoms with Crippen molar-refractivity contribution in [3.63, 3.8) is 0 Å². The summed E-state index contributed by atoms with van der Waals surface area (Å²) in [5.41, 5.74) is 7.67. The Bertz CT molecular complexity index is 2100. The van der Waals surface area contributed by atoms with Crippen molar-refractivity contribution in [2.24, 2.45) is 4.99 Å². The number of carbonyl (C=O) groups is 1. The predicted molar refractivity (Wildman–Crippen MR) is 176 cm³/mol. The number of nitrogens with one attached hydrogen (secondary N) is 1. The molecule has 3 aromatic carbocycles. The number of hydrogen-bond donors (Lipinski definition) is 1. The number of esters is 1. The van der Waals surface area contributed by atoms with Crippen molar-refractivity contribution in [1.29, 1.82) is 0 Å². The summed E-state index contributed by atoms with van der Waals surface area (Å²) in [6.07, 6.45) is 1.64. The molecule has 2 aromatic heterocycles. The van der Waals surface area contributed by atoms with Crippen LogP contribution in [-0.4, -0.2) is 28.2 Å². The number of aryl methyl sites for hydroxylation is 2. The number of rotatable bonds is 7. The van der Waals surface area contributed by atoms with Gasteiger partial charge in [0.1, 0.15) is 5.75 Å². The van der Waals surface area contributed by atoms with Crippen LogP contribution in [0, 0.1) is 13.8 Å². The number of H-pyrrole nitrogens is 1. The lowest BCUT2D eigenvalue weighted by Crippen LogP contribution is -2.40. The monoisotopic (exact) mass is 605 g/mol. The molecule has 7 nitrogen and oxygen atoms in total. The van der Waals surface area contributed by atoms with Crippen molar-refractivity contribution in [3.05, 3.63) is 120 Å². The van der Waals surface area contributed by atoms with E-state index in [9.17, 15) is 9.59 Å². The highest BCUT2D eigenvalue weighted by molar-refractivity contribution is 7.07. The van der Waals surface area contributed by atoms with Crippen molar-refractivity contribution < 1.29 is 14.3 Å². The van der Waals surface area contributed by atoms with E-state index in [4.69, 9.17) is 14.5 Å². The topological polar surface area (TPSA) is 85.7 Å². The lowest BCUT2D eigenvalue weighted by molar-refractivity contribution is -0.143. The molecule has 44 heavy (non-hydrogen) atoms. The van der Waals surface area contributed by atoms with Crippen molar-refractivity contribution in [3.8, 4) is 17.0 Å². The Labute approximate surface area is 259 Å². The molecular weight excluding hydrogens is 570 g/mol. The molecule has 5 aromatic rings. The summed E-state index contributed by atoms with van der Waals surface area (Å²) < 4.78 is 13.5. The molecule has 0 saturated heterocycles. The van der Waals surface area contributed by atoms with Crippen LogP contribution < -0.4 is 19.6 Å². The number of aromatic nitrogens is 2. The van der Waals surface area contributed by atoms with Crippen LogP contribution in [-0.2, 0) is 9.53 Å². The Morgan fingerprint density at radius 1 is 1.07 bits per heavy atom. The first-order chi connectivity index (χ1) is 21.2. The highest BCUT2D eigenvalue weighted by atomic mass is 32.1. The van der Waals surface area contributed by atoms with Crippen LogP contribution >= 0.6 is 11.3 Å². The number of thiazole rings is 1. The maximum Gasteiger partial charge on any atom is 0.338 e. The largest absolute Gasteiger partial charge is 0.494 e. The fourth-order valence-electron chi connectivity index (χ4n) is 5.88. The van der Waals surface area contributed by atoms with E-state index >= 15 is 0 Å². The molecule has 1 aliphatic rings. The molecule has 3 heterocycles. The smallest absolute Gasteiger partial charge is 0.338 e. The van der Waals surface area contributed by atoms with Gasteiger partial charge in [-0.1, -0.05) is 65.4 Å². The molecule has 0 aliphatic carbocycles. The maximum absolute atomic E-state index is 14.4. The number of hydrogen-bond acceptors (Lipinski definition) is 6. The SMILES string of the molecule is CCOc1ccc([C@H]2C(C(=O)OC(C)C)=C(C)N=c3s/c(=C/c4c(-c5ccccc5)[nH]c5c(C)cc(C)cc45)c(=O)n32)cc1. The van der Waals surface area contributed by atoms with Gasteiger partial charge in [0.05, 0.1) is 40.2 Å². The number of carbonyl (C=O) groups excluding carboxylic acids is 1. The number of benzene rings is 3. The van der Waals surface area contributed by atoms with Crippen molar-refractivity contribution in [1.82, 2.24) is 9.55 Å². The molecule has 0 fully saturated rings. The number of aromatic amines is 1. The standard InChI is InChI=1S/C36H35N3O4S/c1-7-42-26-15-13-25(14-16-26)33-30(35(41)43-20(2)3)23(6)37-36-39(33)34(40)29(44-36)19-28-27-18-21(4)17-22(5)31(27)38-32(28)24-11-9-8-10-12-24/h8-20,33,38H,7H2,1-6H3/b29-19+/t33-/m0/s1. The summed E-state index contributed by atoms with van der Waals surface area (Å²) in [5.74, 6) is 0.234. The molecule has 8 heteroatoms. The van der Waals surface area contributed by atoms with Gasteiger partial charge < -0.3 is 14.5 Å². The Morgan fingerprint density at radius 2 is 1.80 bits per heavy atom. The van der Waals surface area contributed by atoms with Gasteiger partial charge in [0, 0.05) is 16.5 Å². The van der Waals surface area contributed by atoms with Crippen LogP contribution in [0.4, 0.5) is 0 Å². The van der Waals surface area contributed by atoms with E-state index < -0.39 is 12.0 Å². The fraction of sp³-hybridized carbons (Fsp3) is 0.250. The average Bonchev–Trinajstić information content (AvgIpc) is 3.50. The third-order valence-corrected chi connectivity index (χ3v) is 8.70. The molecule has 0 saturated carbocycles. The van der Waals surface area contributed by atoms with Crippen LogP contribution in [0.25, 0.3) is 28.2 Å². The first kappa shape index (κ1) is 29.4. The van der Waals surface area contributed by atoms with E-state index in [1.54, 1.807) is 11.5 Å². The van der Waals surface area contributed by atoms with Gasteiger partial charge in [0.25, 0.3) is 5.56 Å². The van der Waals surface area contributed by atoms with Crippen LogP contribution in [0.2, 0.25) is 0 Å². The lowest BCUT2D eigenvalue weighted by atomic mass is 9.95. The quantitative estimate of drug-likeness (QED) is 0.219. The van der Waals surface area contributed by atoms with E-state index in [0.29, 0.717) is 33.0 Å². The molecular formula is C36H35N3O4S. The minimum atomic E-state index is -0.698. The van der Waals surface area contributed by atoms with Gasteiger partial charge >= 0.3 is 5.97 Å². The number of ether oxygens (including phenoxy) is 2. The van der Waals surface area contributed by atoms with Gasteiger partial charge in [-0.2, -0.15) is 0 Å². The molecule has 1 N–H and O–H groups in total. The van der Waals surface area contributed by atoms with E-state index in [2.05, 4.69) is 43.1 Å². The maximum atomic E-state index is 14.4. The Morgan fingerprint density at radius 3 is 2.48 bits per heavy atom. The minimum absolute atomic E-state index is 0.215. The van der Waals surface area contributed by atoms with E-state index in [-0.39, 0.29) is 11.7 Å². The zero-order valence-electron chi connectivity index (χ0n) is 25.7. The number of nitrogens with zero attached hydrogens (tertiary/aromatic N) is 2. The van der Waals surface area contributed by atoms with Crippen molar-refractivity contribution in [2.45, 2.75) is 53.7 Å². The fourth-order valence-corrected chi connectivity index (χ4v) is 6.90. The number of fused-ring (bicyclic) bond motifs is 2. The van der Waals surface area contributed by atoms with Crippen LogP contribution in [0.15, 0.2) is 87.8 Å². The molecule has 0 spiro atoms. The molecule has 6 rings (SSSR count). The first-order valence-electron chi connectivity index (χ1n) is 14.8. The molecule has 1 aliphatic heterocycles.